The quantitative estimate of drug-likeness (QED) is 0.727. The Hall–Kier alpha value is -2.77. The van der Waals surface area contributed by atoms with Crippen molar-refractivity contribution in [2.24, 2.45) is 11.8 Å². The summed E-state index contributed by atoms with van der Waals surface area (Å²) < 4.78 is 0. The van der Waals surface area contributed by atoms with Gasteiger partial charge in [-0.05, 0) is 35.1 Å². The van der Waals surface area contributed by atoms with Crippen LogP contribution in [0.3, 0.4) is 0 Å². The Morgan fingerprint density at radius 2 is 1.70 bits per heavy atom. The minimum Gasteiger partial charge on any atom is -0.503 e. The Balaban J connectivity index is 1.55. The smallest absolute Gasteiger partial charge is 0.276 e. The number of ketones is 1. The van der Waals surface area contributed by atoms with Crippen LogP contribution in [0.25, 0.3) is 0 Å². The molecule has 1 N–H and O–H groups in total. The molecule has 2 aromatic carbocycles. The van der Waals surface area contributed by atoms with Crippen molar-refractivity contribution in [3.05, 3.63) is 76.7 Å². The molecule has 33 heavy (non-hydrogen) atoms. The summed E-state index contributed by atoms with van der Waals surface area (Å²) >= 11 is 1.83. The molecule has 1 amide bonds. The van der Waals surface area contributed by atoms with E-state index in [4.69, 9.17) is 0 Å². The molecule has 6 nitrogen and oxygen atoms in total. The summed E-state index contributed by atoms with van der Waals surface area (Å²) in [5.74, 6) is -0.0665. The van der Waals surface area contributed by atoms with E-state index >= 15 is 0 Å². The Kier molecular flexibility index (Phi) is 4.82. The van der Waals surface area contributed by atoms with E-state index in [0.29, 0.717) is 19.1 Å². The molecular weight excluding hydrogens is 434 g/mol. The van der Waals surface area contributed by atoms with Crippen molar-refractivity contribution in [3.63, 3.8) is 0 Å². The van der Waals surface area contributed by atoms with Gasteiger partial charge in [0.05, 0.1) is 12.7 Å². The molecule has 4 aliphatic rings. The van der Waals surface area contributed by atoms with Crippen molar-refractivity contribution < 1.29 is 14.7 Å². The summed E-state index contributed by atoms with van der Waals surface area (Å²) in [6.45, 7) is 4.78. The molecule has 0 aromatic heterocycles. The fraction of sp³-hybridized carbons (Fsp3) is 0.385. The van der Waals surface area contributed by atoms with Crippen molar-refractivity contribution >= 4 is 23.5 Å². The number of hydrazine groups is 1. The number of hydrogen-bond acceptors (Lipinski definition) is 6. The number of fused-ring (bicyclic) bond motifs is 3. The van der Waals surface area contributed by atoms with Gasteiger partial charge in [0.1, 0.15) is 0 Å². The lowest BCUT2D eigenvalue weighted by atomic mass is 9.93. The van der Waals surface area contributed by atoms with Crippen LogP contribution in [0.2, 0.25) is 0 Å². The average Bonchev–Trinajstić information content (AvgIpc) is 3.57. The van der Waals surface area contributed by atoms with Crippen molar-refractivity contribution in [2.75, 3.05) is 13.2 Å². The number of thioether (sulfide) groups is 1. The molecule has 4 atom stereocenters. The van der Waals surface area contributed by atoms with Crippen molar-refractivity contribution in [2.45, 2.75) is 43.0 Å². The van der Waals surface area contributed by atoms with Crippen LogP contribution in [0, 0.1) is 11.8 Å². The maximum atomic E-state index is 13.5. The number of aliphatic hydroxyl groups is 1. The first-order chi connectivity index (χ1) is 16.0. The molecule has 6 rings (SSSR count). The Bertz CT molecular complexity index is 1150. The summed E-state index contributed by atoms with van der Waals surface area (Å²) in [6, 6.07) is 17.0. The SMILES string of the molecule is CC1CN2C(=C(O)C1=O)C(=O)N(C1C[C@@H]1C)CN2C1c2ccccc2CSc2ccccc21. The van der Waals surface area contributed by atoms with Crippen LogP contribution in [0.1, 0.15) is 43.0 Å². The molecule has 1 aliphatic carbocycles. The fourth-order valence-electron chi connectivity index (χ4n) is 5.41. The molecule has 170 valence electrons. The third-order valence-electron chi connectivity index (χ3n) is 7.39. The molecule has 3 unspecified atom stereocenters. The minimum absolute atomic E-state index is 0.125. The lowest BCUT2D eigenvalue weighted by Crippen LogP contribution is -2.62. The van der Waals surface area contributed by atoms with Gasteiger partial charge < -0.3 is 10.0 Å². The second kappa shape index (κ2) is 7.64. The number of aliphatic hydroxyl groups excluding tert-OH is 1. The van der Waals surface area contributed by atoms with Crippen LogP contribution >= 0.6 is 11.8 Å². The van der Waals surface area contributed by atoms with Gasteiger partial charge in [-0.1, -0.05) is 56.3 Å². The largest absolute Gasteiger partial charge is 0.503 e. The Morgan fingerprint density at radius 3 is 2.45 bits per heavy atom. The highest BCUT2D eigenvalue weighted by molar-refractivity contribution is 7.98. The highest BCUT2D eigenvalue weighted by Gasteiger charge is 2.51. The summed E-state index contributed by atoms with van der Waals surface area (Å²) in [4.78, 5) is 29.3. The van der Waals surface area contributed by atoms with E-state index in [1.165, 1.54) is 21.6 Å². The van der Waals surface area contributed by atoms with E-state index in [0.717, 1.165) is 12.2 Å². The molecule has 1 saturated heterocycles. The van der Waals surface area contributed by atoms with E-state index in [9.17, 15) is 14.7 Å². The van der Waals surface area contributed by atoms with Crippen molar-refractivity contribution in [1.82, 2.24) is 14.9 Å². The summed E-state index contributed by atoms with van der Waals surface area (Å²) in [6.07, 6.45) is 0.950. The zero-order valence-corrected chi connectivity index (χ0v) is 19.6. The summed E-state index contributed by atoms with van der Waals surface area (Å²) in [7, 11) is 0. The molecule has 1 saturated carbocycles. The number of nitrogens with zero attached hydrogens (tertiary/aromatic N) is 3. The van der Waals surface area contributed by atoms with Crippen LogP contribution in [0.5, 0.6) is 0 Å². The topological polar surface area (TPSA) is 64.1 Å². The molecular formula is C26H27N3O3S. The maximum absolute atomic E-state index is 13.5. The second-order valence-electron chi connectivity index (χ2n) is 9.61. The number of hydrogen-bond donors (Lipinski definition) is 1. The molecule has 0 spiro atoms. The molecule has 3 aliphatic heterocycles. The van der Waals surface area contributed by atoms with Crippen LogP contribution < -0.4 is 0 Å². The van der Waals surface area contributed by atoms with Gasteiger partial charge in [0, 0.05) is 29.2 Å². The number of carbonyl (C=O) groups excluding carboxylic acids is 2. The third-order valence-corrected chi connectivity index (χ3v) is 8.53. The van der Waals surface area contributed by atoms with Gasteiger partial charge in [-0.3, -0.25) is 14.6 Å². The fourth-order valence-corrected chi connectivity index (χ4v) is 6.51. The van der Waals surface area contributed by atoms with Gasteiger partial charge in [-0.15, -0.1) is 11.8 Å². The molecule has 0 radical (unpaired) electrons. The van der Waals surface area contributed by atoms with Gasteiger partial charge in [0.15, 0.2) is 11.5 Å². The van der Waals surface area contributed by atoms with E-state index in [1.54, 1.807) is 0 Å². The van der Waals surface area contributed by atoms with Gasteiger partial charge in [0.2, 0.25) is 5.78 Å². The number of allylic oxidation sites excluding steroid dienone is 1. The monoisotopic (exact) mass is 461 g/mol. The van der Waals surface area contributed by atoms with Gasteiger partial charge in [-0.25, -0.2) is 0 Å². The van der Waals surface area contributed by atoms with E-state index < -0.39 is 5.76 Å². The first-order valence-electron chi connectivity index (χ1n) is 11.6. The Morgan fingerprint density at radius 1 is 1.00 bits per heavy atom. The zero-order valence-electron chi connectivity index (χ0n) is 18.8. The highest BCUT2D eigenvalue weighted by Crippen LogP contribution is 2.47. The number of rotatable bonds is 2. The van der Waals surface area contributed by atoms with Gasteiger partial charge in [-0.2, -0.15) is 5.01 Å². The van der Waals surface area contributed by atoms with Crippen LogP contribution in [0.4, 0.5) is 0 Å². The number of carbonyl (C=O) groups is 2. The third kappa shape index (κ3) is 3.21. The van der Waals surface area contributed by atoms with Crippen LogP contribution in [0.15, 0.2) is 64.9 Å². The normalized spacial score (nSPS) is 29.4. The first kappa shape index (κ1) is 20.8. The van der Waals surface area contributed by atoms with Gasteiger partial charge in [0.25, 0.3) is 5.91 Å². The second-order valence-corrected chi connectivity index (χ2v) is 10.6. The van der Waals surface area contributed by atoms with Crippen LogP contribution in [-0.4, -0.2) is 51.0 Å². The minimum atomic E-state index is -0.397. The number of Topliss-reactive ketones (excluding diaryl/α,β-unsaturated/α-hetero) is 1. The number of amides is 1. The average molecular weight is 462 g/mol. The van der Waals surface area contributed by atoms with Gasteiger partial charge >= 0.3 is 0 Å². The molecule has 7 heteroatoms. The molecule has 3 heterocycles. The van der Waals surface area contributed by atoms with Crippen LogP contribution in [-0.2, 0) is 15.3 Å². The Labute approximate surface area is 197 Å². The number of benzene rings is 2. The van der Waals surface area contributed by atoms with Crippen molar-refractivity contribution in [3.8, 4) is 0 Å². The predicted molar refractivity (Wildman–Crippen MR) is 126 cm³/mol. The molecule has 2 fully saturated rings. The standard InChI is InChI=1S/C26H27N3O3S/c1-15-11-20(15)27-14-29(28-12-16(2)24(30)25(31)23(28)26(27)32)22-18-8-4-3-7-17(18)13-33-21-10-6-5-9-19(21)22/h3-10,15-16,20,22,31H,11-14H2,1-2H3/t15-,16?,20?,22?/m0/s1. The lowest BCUT2D eigenvalue weighted by molar-refractivity contribution is -0.163. The van der Waals surface area contributed by atoms with E-state index in [1.807, 2.05) is 28.6 Å². The lowest BCUT2D eigenvalue weighted by Gasteiger charge is -2.51. The molecule has 0 bridgehead atoms. The molecule has 2 aromatic rings. The summed E-state index contributed by atoms with van der Waals surface area (Å²) in [5.41, 5.74) is 3.80. The zero-order chi connectivity index (χ0) is 22.9. The summed E-state index contributed by atoms with van der Waals surface area (Å²) in [5, 5.41) is 15.0. The first-order valence-corrected chi connectivity index (χ1v) is 12.6. The van der Waals surface area contributed by atoms with E-state index in [-0.39, 0.29) is 35.4 Å². The predicted octanol–water partition coefficient (Wildman–Crippen LogP) is 4.10. The maximum Gasteiger partial charge on any atom is 0.276 e. The highest BCUT2D eigenvalue weighted by atomic mass is 32.2. The van der Waals surface area contributed by atoms with E-state index in [2.05, 4.69) is 60.5 Å². The van der Waals surface area contributed by atoms with Crippen molar-refractivity contribution in [1.29, 1.82) is 0 Å².